The second-order valence-corrected chi connectivity index (χ2v) is 5.09. The molecule has 0 aliphatic rings. The van der Waals surface area contributed by atoms with Gasteiger partial charge >= 0.3 is 6.03 Å². The first-order valence-electron chi connectivity index (χ1n) is 7.20. The van der Waals surface area contributed by atoms with Crippen LogP contribution in [-0.4, -0.2) is 21.7 Å². The third-order valence-electron chi connectivity index (χ3n) is 3.29. The first kappa shape index (κ1) is 14.4. The predicted octanol–water partition coefficient (Wildman–Crippen LogP) is 3.26. The van der Waals surface area contributed by atoms with E-state index in [0.717, 1.165) is 23.9 Å². The molecular formula is C15H22N4O. The summed E-state index contributed by atoms with van der Waals surface area (Å²) < 4.78 is 1.64. The molecule has 1 heterocycles. The summed E-state index contributed by atoms with van der Waals surface area (Å²) >= 11 is 0. The Morgan fingerprint density at radius 1 is 1.35 bits per heavy atom. The molecule has 108 valence electrons. The zero-order valence-electron chi connectivity index (χ0n) is 12.1. The van der Waals surface area contributed by atoms with Crippen molar-refractivity contribution in [2.75, 3.05) is 5.43 Å². The molecule has 1 atom stereocenters. The summed E-state index contributed by atoms with van der Waals surface area (Å²) in [6, 6.07) is 7.67. The van der Waals surface area contributed by atoms with Crippen LogP contribution >= 0.6 is 0 Å². The fourth-order valence-electron chi connectivity index (χ4n) is 2.19. The molecule has 0 saturated heterocycles. The zero-order chi connectivity index (χ0) is 14.4. The van der Waals surface area contributed by atoms with Crippen LogP contribution in [0.15, 0.2) is 30.6 Å². The van der Waals surface area contributed by atoms with Crippen molar-refractivity contribution in [3.8, 4) is 0 Å². The van der Waals surface area contributed by atoms with Crippen molar-refractivity contribution >= 4 is 17.1 Å². The Balaban J connectivity index is 1.88. The summed E-state index contributed by atoms with van der Waals surface area (Å²) in [7, 11) is 0. The molecule has 2 amide bonds. The van der Waals surface area contributed by atoms with Gasteiger partial charge in [-0.05, 0) is 25.5 Å². The van der Waals surface area contributed by atoms with Crippen molar-refractivity contribution < 1.29 is 4.79 Å². The maximum absolute atomic E-state index is 11.9. The number of fused-ring (bicyclic) bond motifs is 1. The number of carbonyl (C=O) groups is 1. The average molecular weight is 274 g/mol. The van der Waals surface area contributed by atoms with Crippen LogP contribution in [0.25, 0.3) is 11.0 Å². The van der Waals surface area contributed by atoms with Gasteiger partial charge in [-0.25, -0.2) is 19.9 Å². The minimum atomic E-state index is -0.197. The summed E-state index contributed by atoms with van der Waals surface area (Å²) in [4.78, 5) is 16.2. The molecule has 0 saturated carbocycles. The topological polar surface area (TPSA) is 59.0 Å². The van der Waals surface area contributed by atoms with E-state index >= 15 is 0 Å². The minimum Gasteiger partial charge on any atom is -0.334 e. The molecule has 1 aromatic heterocycles. The average Bonchev–Trinajstić information content (AvgIpc) is 2.82. The van der Waals surface area contributed by atoms with Crippen LogP contribution in [0.2, 0.25) is 0 Å². The Bertz CT molecular complexity index is 564. The van der Waals surface area contributed by atoms with E-state index < -0.39 is 0 Å². The van der Waals surface area contributed by atoms with Gasteiger partial charge in [-0.3, -0.25) is 0 Å². The zero-order valence-corrected chi connectivity index (χ0v) is 12.1. The highest BCUT2D eigenvalue weighted by Gasteiger charge is 2.08. The standard InChI is InChI=1S/C15H22N4O/c1-3-4-5-8-12(2)17-15(20)18-19-11-16-13-9-6-7-10-14(13)19/h6-7,9-12H,3-5,8H2,1-2H3,(H2,17,18,20). The summed E-state index contributed by atoms with van der Waals surface area (Å²) in [6.45, 7) is 4.20. The van der Waals surface area contributed by atoms with Crippen LogP contribution in [0.1, 0.15) is 39.5 Å². The van der Waals surface area contributed by atoms with E-state index in [1.54, 1.807) is 11.0 Å². The fraction of sp³-hybridized carbons (Fsp3) is 0.467. The Morgan fingerprint density at radius 3 is 2.95 bits per heavy atom. The second-order valence-electron chi connectivity index (χ2n) is 5.09. The fourth-order valence-corrected chi connectivity index (χ4v) is 2.19. The van der Waals surface area contributed by atoms with Gasteiger partial charge in [0.05, 0.1) is 11.0 Å². The van der Waals surface area contributed by atoms with Crippen LogP contribution in [0.5, 0.6) is 0 Å². The lowest BCUT2D eigenvalue weighted by Gasteiger charge is -2.15. The molecule has 0 aliphatic carbocycles. The Hall–Kier alpha value is -2.04. The lowest BCUT2D eigenvalue weighted by Crippen LogP contribution is -2.39. The number of imidazole rings is 1. The van der Waals surface area contributed by atoms with Crippen LogP contribution < -0.4 is 10.7 Å². The lowest BCUT2D eigenvalue weighted by molar-refractivity contribution is 0.246. The van der Waals surface area contributed by atoms with Gasteiger partial charge in [0.15, 0.2) is 0 Å². The molecule has 5 heteroatoms. The highest BCUT2D eigenvalue weighted by molar-refractivity contribution is 5.85. The number of rotatable bonds is 6. The van der Waals surface area contributed by atoms with E-state index in [0.29, 0.717) is 0 Å². The summed E-state index contributed by atoms with van der Waals surface area (Å²) in [5, 5.41) is 2.94. The molecule has 2 rings (SSSR count). The molecule has 1 unspecified atom stereocenters. The normalized spacial score (nSPS) is 12.3. The Kier molecular flexibility index (Phi) is 4.98. The van der Waals surface area contributed by atoms with E-state index in [1.807, 2.05) is 31.2 Å². The third kappa shape index (κ3) is 3.73. The first-order chi connectivity index (χ1) is 9.70. The number of nitrogens with zero attached hydrogens (tertiary/aromatic N) is 2. The molecular weight excluding hydrogens is 252 g/mol. The Morgan fingerprint density at radius 2 is 2.15 bits per heavy atom. The number of amides is 2. The number of hydrogen-bond donors (Lipinski definition) is 2. The van der Waals surface area contributed by atoms with Crippen molar-refractivity contribution in [3.63, 3.8) is 0 Å². The first-order valence-corrected chi connectivity index (χ1v) is 7.20. The van der Waals surface area contributed by atoms with Crippen molar-refractivity contribution in [3.05, 3.63) is 30.6 Å². The number of carbonyl (C=O) groups excluding carboxylic acids is 1. The maximum atomic E-state index is 11.9. The molecule has 2 aromatic rings. The molecule has 0 spiro atoms. The number of benzene rings is 1. The third-order valence-corrected chi connectivity index (χ3v) is 3.29. The highest BCUT2D eigenvalue weighted by atomic mass is 16.2. The summed E-state index contributed by atoms with van der Waals surface area (Å²) in [5.74, 6) is 0. The number of nitrogens with one attached hydrogen (secondary N) is 2. The lowest BCUT2D eigenvalue weighted by atomic mass is 10.1. The Labute approximate surface area is 119 Å². The van der Waals surface area contributed by atoms with Gasteiger partial charge in [0, 0.05) is 6.04 Å². The smallest absolute Gasteiger partial charge is 0.334 e. The highest BCUT2D eigenvalue weighted by Crippen LogP contribution is 2.10. The van der Waals surface area contributed by atoms with Crippen molar-refractivity contribution in [2.45, 2.75) is 45.6 Å². The number of unbranched alkanes of at least 4 members (excludes halogenated alkanes) is 2. The molecule has 0 fully saturated rings. The summed E-state index contributed by atoms with van der Waals surface area (Å²) in [6.07, 6.45) is 6.17. The van der Waals surface area contributed by atoms with E-state index in [9.17, 15) is 4.79 Å². The van der Waals surface area contributed by atoms with Gasteiger partial charge in [-0.2, -0.15) is 0 Å². The van der Waals surface area contributed by atoms with Gasteiger partial charge in [0.25, 0.3) is 0 Å². The van der Waals surface area contributed by atoms with Crippen molar-refractivity contribution in [1.82, 2.24) is 15.0 Å². The SMILES string of the molecule is CCCCCC(C)NC(=O)Nn1cnc2ccccc21. The van der Waals surface area contributed by atoms with Gasteiger partial charge in [-0.15, -0.1) is 0 Å². The molecule has 2 N–H and O–H groups in total. The largest absolute Gasteiger partial charge is 0.334 e. The van der Waals surface area contributed by atoms with Gasteiger partial charge in [-0.1, -0.05) is 38.3 Å². The van der Waals surface area contributed by atoms with E-state index in [1.165, 1.54) is 12.8 Å². The van der Waals surface area contributed by atoms with E-state index in [2.05, 4.69) is 22.7 Å². The van der Waals surface area contributed by atoms with Gasteiger partial charge in [0.2, 0.25) is 0 Å². The number of aromatic nitrogens is 2. The van der Waals surface area contributed by atoms with Crippen LogP contribution in [0, 0.1) is 0 Å². The molecule has 20 heavy (non-hydrogen) atoms. The van der Waals surface area contributed by atoms with E-state index in [-0.39, 0.29) is 12.1 Å². The number of hydrogen-bond acceptors (Lipinski definition) is 2. The molecule has 0 aliphatic heterocycles. The van der Waals surface area contributed by atoms with Crippen LogP contribution in [0.3, 0.4) is 0 Å². The molecule has 0 radical (unpaired) electrons. The quantitative estimate of drug-likeness (QED) is 0.794. The van der Waals surface area contributed by atoms with Crippen LogP contribution in [-0.2, 0) is 0 Å². The number of para-hydroxylation sites is 2. The summed E-state index contributed by atoms with van der Waals surface area (Å²) in [5.41, 5.74) is 4.55. The van der Waals surface area contributed by atoms with E-state index in [4.69, 9.17) is 0 Å². The van der Waals surface area contributed by atoms with Crippen molar-refractivity contribution in [1.29, 1.82) is 0 Å². The number of urea groups is 1. The second kappa shape index (κ2) is 6.93. The molecule has 5 nitrogen and oxygen atoms in total. The van der Waals surface area contributed by atoms with Crippen molar-refractivity contribution in [2.24, 2.45) is 0 Å². The minimum absolute atomic E-state index is 0.177. The van der Waals surface area contributed by atoms with Crippen LogP contribution in [0.4, 0.5) is 4.79 Å². The van der Waals surface area contributed by atoms with Gasteiger partial charge in [0.1, 0.15) is 6.33 Å². The molecule has 1 aromatic carbocycles. The molecule has 0 bridgehead atoms. The predicted molar refractivity (Wildman–Crippen MR) is 81.2 cm³/mol. The van der Waals surface area contributed by atoms with Gasteiger partial charge < -0.3 is 5.32 Å². The monoisotopic (exact) mass is 274 g/mol. The maximum Gasteiger partial charge on any atom is 0.334 e.